The van der Waals surface area contributed by atoms with Crippen molar-refractivity contribution in [3.8, 4) is 11.3 Å². The molecule has 0 unspecified atom stereocenters. The third-order valence-electron chi connectivity index (χ3n) is 4.29. The van der Waals surface area contributed by atoms with E-state index >= 15 is 0 Å². The van der Waals surface area contributed by atoms with Crippen molar-refractivity contribution in [2.24, 2.45) is 5.92 Å². The fourth-order valence-electron chi connectivity index (χ4n) is 2.98. The summed E-state index contributed by atoms with van der Waals surface area (Å²) in [6, 6.07) is 7.66. The van der Waals surface area contributed by atoms with Crippen LogP contribution >= 0.6 is 0 Å². The van der Waals surface area contributed by atoms with E-state index in [4.69, 9.17) is 4.42 Å². The number of benzene rings is 1. The second-order valence-electron chi connectivity index (χ2n) is 6.35. The van der Waals surface area contributed by atoms with Gasteiger partial charge in [0.15, 0.2) is 27.7 Å². The van der Waals surface area contributed by atoms with E-state index in [1.54, 1.807) is 7.05 Å². The summed E-state index contributed by atoms with van der Waals surface area (Å²) in [5, 5.41) is 0. The average molecular weight is 348 g/mol. The molecule has 1 aromatic carbocycles. The quantitative estimate of drug-likeness (QED) is 0.846. The number of aromatic nitrogens is 1. The molecule has 128 valence electrons. The van der Waals surface area contributed by atoms with Gasteiger partial charge < -0.3 is 9.32 Å². The van der Waals surface area contributed by atoms with Crippen molar-refractivity contribution < 1.29 is 17.6 Å². The van der Waals surface area contributed by atoms with E-state index in [9.17, 15) is 13.2 Å². The maximum Gasteiger partial charge on any atom is 0.276 e. The Morgan fingerprint density at radius 3 is 2.67 bits per heavy atom. The average Bonchev–Trinajstić information content (AvgIpc) is 3.14. The van der Waals surface area contributed by atoms with Crippen molar-refractivity contribution in [3.63, 3.8) is 0 Å². The lowest BCUT2D eigenvalue weighted by molar-refractivity contribution is 0.0772. The van der Waals surface area contributed by atoms with Crippen LogP contribution in [0.2, 0.25) is 0 Å². The number of sulfone groups is 1. The fourth-order valence-corrected chi connectivity index (χ4v) is 4.82. The highest BCUT2D eigenvalue weighted by Gasteiger charge is 2.30. The lowest BCUT2D eigenvalue weighted by Gasteiger charge is -2.19. The zero-order valence-electron chi connectivity index (χ0n) is 13.7. The lowest BCUT2D eigenvalue weighted by atomic mass is 10.1. The van der Waals surface area contributed by atoms with Gasteiger partial charge in [-0.3, -0.25) is 4.79 Å². The van der Waals surface area contributed by atoms with Gasteiger partial charge in [-0.2, -0.15) is 0 Å². The van der Waals surface area contributed by atoms with Crippen molar-refractivity contribution in [1.82, 2.24) is 9.88 Å². The minimum absolute atomic E-state index is 0.0151. The molecule has 0 spiro atoms. The van der Waals surface area contributed by atoms with Gasteiger partial charge >= 0.3 is 0 Å². The fraction of sp³-hybridized carbons (Fsp3) is 0.412. The van der Waals surface area contributed by atoms with Gasteiger partial charge in [0.1, 0.15) is 0 Å². The van der Waals surface area contributed by atoms with Gasteiger partial charge in [-0.05, 0) is 19.3 Å². The topological polar surface area (TPSA) is 80.5 Å². The molecular weight excluding hydrogens is 328 g/mol. The molecule has 0 saturated carbocycles. The highest BCUT2D eigenvalue weighted by Crippen LogP contribution is 2.25. The highest BCUT2D eigenvalue weighted by molar-refractivity contribution is 7.91. The maximum atomic E-state index is 12.7. The Bertz CT molecular complexity index is 840. The second kappa shape index (κ2) is 6.39. The molecule has 1 atom stereocenters. The van der Waals surface area contributed by atoms with E-state index in [0.29, 0.717) is 18.7 Å². The summed E-state index contributed by atoms with van der Waals surface area (Å²) >= 11 is 0. The highest BCUT2D eigenvalue weighted by atomic mass is 32.2. The van der Waals surface area contributed by atoms with Crippen LogP contribution in [-0.2, 0) is 9.84 Å². The van der Waals surface area contributed by atoms with Gasteiger partial charge in [-0.15, -0.1) is 0 Å². The van der Waals surface area contributed by atoms with Crippen LogP contribution in [0.25, 0.3) is 11.3 Å². The lowest BCUT2D eigenvalue weighted by Crippen LogP contribution is -2.32. The first-order valence-corrected chi connectivity index (χ1v) is 9.64. The van der Waals surface area contributed by atoms with E-state index < -0.39 is 9.84 Å². The predicted molar refractivity (Wildman–Crippen MR) is 90.4 cm³/mol. The Balaban J connectivity index is 1.76. The molecule has 2 aromatic rings. The standard InChI is InChI=1S/C17H20N2O4S/c1-12-3-5-14(6-4-12)16-15(18-11-23-16)17(20)19(2)9-13-7-8-24(21,22)10-13/h3-6,11,13H,7-10H2,1-2H3/t13-/m0/s1. The number of hydrogen-bond acceptors (Lipinski definition) is 5. The number of oxazole rings is 1. The van der Waals surface area contributed by atoms with E-state index in [0.717, 1.165) is 11.1 Å². The summed E-state index contributed by atoms with van der Waals surface area (Å²) < 4.78 is 28.5. The summed E-state index contributed by atoms with van der Waals surface area (Å²) in [7, 11) is -1.28. The minimum Gasteiger partial charge on any atom is -0.443 e. The molecule has 1 aromatic heterocycles. The van der Waals surface area contributed by atoms with Crippen molar-refractivity contribution in [2.45, 2.75) is 13.3 Å². The number of nitrogens with zero attached hydrogens (tertiary/aromatic N) is 2. The third kappa shape index (κ3) is 3.51. The first-order valence-electron chi connectivity index (χ1n) is 7.82. The van der Waals surface area contributed by atoms with Crippen LogP contribution in [0.5, 0.6) is 0 Å². The van der Waals surface area contributed by atoms with Gasteiger partial charge in [-0.1, -0.05) is 29.8 Å². The zero-order chi connectivity index (χ0) is 17.3. The van der Waals surface area contributed by atoms with Crippen LogP contribution in [-0.4, -0.2) is 49.3 Å². The van der Waals surface area contributed by atoms with Crippen LogP contribution in [0.1, 0.15) is 22.5 Å². The number of rotatable bonds is 4. The zero-order valence-corrected chi connectivity index (χ0v) is 14.5. The van der Waals surface area contributed by atoms with E-state index in [1.165, 1.54) is 11.3 Å². The number of amides is 1. The molecule has 2 heterocycles. The normalized spacial score (nSPS) is 19.3. The predicted octanol–water partition coefficient (Wildman–Crippen LogP) is 2.16. The van der Waals surface area contributed by atoms with E-state index in [-0.39, 0.29) is 29.0 Å². The van der Waals surface area contributed by atoms with Gasteiger partial charge in [-0.25, -0.2) is 13.4 Å². The molecule has 1 aliphatic heterocycles. The van der Waals surface area contributed by atoms with Crippen molar-refractivity contribution in [2.75, 3.05) is 25.1 Å². The molecule has 1 amide bonds. The van der Waals surface area contributed by atoms with Crippen molar-refractivity contribution in [3.05, 3.63) is 41.9 Å². The first-order chi connectivity index (χ1) is 11.4. The smallest absolute Gasteiger partial charge is 0.276 e. The van der Waals surface area contributed by atoms with Gasteiger partial charge in [0.2, 0.25) is 0 Å². The van der Waals surface area contributed by atoms with Crippen LogP contribution in [0.4, 0.5) is 0 Å². The van der Waals surface area contributed by atoms with E-state index in [1.807, 2.05) is 31.2 Å². The number of aryl methyl sites for hydroxylation is 1. The van der Waals surface area contributed by atoms with Crippen molar-refractivity contribution >= 4 is 15.7 Å². The molecule has 1 aliphatic rings. The molecule has 0 N–H and O–H groups in total. The molecule has 0 bridgehead atoms. The molecule has 0 aliphatic carbocycles. The van der Waals surface area contributed by atoms with Crippen molar-refractivity contribution in [1.29, 1.82) is 0 Å². The Hall–Kier alpha value is -2.15. The first kappa shape index (κ1) is 16.7. The number of carbonyl (C=O) groups excluding carboxylic acids is 1. The molecule has 0 radical (unpaired) electrons. The summed E-state index contributed by atoms with van der Waals surface area (Å²) in [6.45, 7) is 2.39. The minimum atomic E-state index is -2.95. The summed E-state index contributed by atoms with van der Waals surface area (Å²) in [5.41, 5.74) is 2.16. The molecule has 24 heavy (non-hydrogen) atoms. The van der Waals surface area contributed by atoms with E-state index in [2.05, 4.69) is 4.98 Å². The molecule has 1 saturated heterocycles. The van der Waals surface area contributed by atoms with Gasteiger partial charge in [0.05, 0.1) is 11.5 Å². The Labute approximate surface area is 141 Å². The second-order valence-corrected chi connectivity index (χ2v) is 8.58. The Morgan fingerprint density at radius 2 is 2.04 bits per heavy atom. The van der Waals surface area contributed by atoms with Gasteiger partial charge in [0.25, 0.3) is 5.91 Å². The molecule has 6 nitrogen and oxygen atoms in total. The molecule has 7 heteroatoms. The number of hydrogen-bond donors (Lipinski definition) is 0. The largest absolute Gasteiger partial charge is 0.443 e. The van der Waals surface area contributed by atoms with Crippen LogP contribution in [0, 0.1) is 12.8 Å². The van der Waals surface area contributed by atoms with Crippen LogP contribution in [0.15, 0.2) is 35.1 Å². The molecule has 3 rings (SSSR count). The Morgan fingerprint density at radius 1 is 1.33 bits per heavy atom. The maximum absolute atomic E-state index is 12.7. The van der Waals surface area contributed by atoms with Crippen LogP contribution < -0.4 is 0 Å². The summed E-state index contributed by atoms with van der Waals surface area (Å²) in [5.74, 6) is 0.514. The van der Waals surface area contributed by atoms with Crippen LogP contribution in [0.3, 0.4) is 0 Å². The number of carbonyl (C=O) groups is 1. The Kier molecular flexibility index (Phi) is 4.45. The monoisotopic (exact) mass is 348 g/mol. The SMILES string of the molecule is Cc1ccc(-c2ocnc2C(=O)N(C)C[C@@H]2CCS(=O)(=O)C2)cc1. The summed E-state index contributed by atoms with van der Waals surface area (Å²) in [6.07, 6.45) is 1.86. The van der Waals surface area contributed by atoms with Gasteiger partial charge in [0, 0.05) is 19.2 Å². The molecular formula is C17H20N2O4S. The summed E-state index contributed by atoms with van der Waals surface area (Å²) in [4.78, 5) is 18.3. The molecule has 1 fully saturated rings. The third-order valence-corrected chi connectivity index (χ3v) is 6.13.